The smallest absolute Gasteiger partial charge is 0.125 e. The van der Waals surface area contributed by atoms with Gasteiger partial charge in [-0.1, -0.05) is 61.7 Å². The molecule has 7 heteroatoms. The summed E-state index contributed by atoms with van der Waals surface area (Å²) >= 11 is 0. The fourth-order valence-electron chi connectivity index (χ4n) is 3.23. The number of hydrazine groups is 1. The van der Waals surface area contributed by atoms with Crippen molar-refractivity contribution in [3.05, 3.63) is 133 Å². The predicted molar refractivity (Wildman–Crippen MR) is 160 cm³/mol. The quantitative estimate of drug-likeness (QED) is 0.0661. The third-order valence-electron chi connectivity index (χ3n) is 5.36. The topological polar surface area (TPSA) is 141 Å². The van der Waals surface area contributed by atoms with Gasteiger partial charge in [0.25, 0.3) is 0 Å². The molecule has 0 atom stereocenters. The van der Waals surface area contributed by atoms with Crippen LogP contribution in [-0.4, -0.2) is 24.8 Å². The van der Waals surface area contributed by atoms with Gasteiger partial charge in [-0.05, 0) is 72.5 Å². The molecule has 0 unspecified atom stereocenters. The van der Waals surface area contributed by atoms with Crippen LogP contribution in [-0.2, 0) is 6.42 Å². The van der Waals surface area contributed by atoms with Gasteiger partial charge < -0.3 is 22.6 Å². The summed E-state index contributed by atoms with van der Waals surface area (Å²) in [7, 11) is 0. The molecule has 0 aliphatic rings. The molecule has 0 fully saturated rings. The van der Waals surface area contributed by atoms with Crippen LogP contribution in [0.2, 0.25) is 0 Å². The van der Waals surface area contributed by atoms with E-state index in [-0.39, 0.29) is 0 Å². The van der Waals surface area contributed by atoms with E-state index in [1.54, 1.807) is 12.2 Å². The lowest BCUT2D eigenvalue weighted by Gasteiger charge is -2.04. The van der Waals surface area contributed by atoms with Gasteiger partial charge in [-0.2, -0.15) is 0 Å². The van der Waals surface area contributed by atoms with E-state index in [0.717, 1.165) is 40.9 Å². The van der Waals surface area contributed by atoms with Crippen LogP contribution < -0.4 is 28.5 Å². The normalized spacial score (nSPS) is 11.8. The highest BCUT2D eigenvalue weighted by molar-refractivity contribution is 5.98. The van der Waals surface area contributed by atoms with Crippen molar-refractivity contribution >= 4 is 23.0 Å². The van der Waals surface area contributed by atoms with Gasteiger partial charge in [0.1, 0.15) is 11.7 Å². The first-order valence-electron chi connectivity index (χ1n) is 12.0. The van der Waals surface area contributed by atoms with Gasteiger partial charge in [0.05, 0.1) is 0 Å². The van der Waals surface area contributed by atoms with Crippen molar-refractivity contribution in [3.8, 4) is 0 Å². The average Bonchev–Trinajstić information content (AvgIpc) is 2.93. The summed E-state index contributed by atoms with van der Waals surface area (Å²) in [4.78, 5) is 8.71. The summed E-state index contributed by atoms with van der Waals surface area (Å²) in [5.41, 5.74) is 25.7. The Morgan fingerprint density at radius 3 is 1.89 bits per heavy atom. The highest BCUT2D eigenvalue weighted by Crippen LogP contribution is 2.09. The van der Waals surface area contributed by atoms with Crippen LogP contribution >= 0.6 is 0 Å². The number of benzene rings is 3. The SMILES string of the molecule is C=C/C=C(\C=C)CCN=C(N)c1ccc(N)cc1.NNc1ccc(C(N)=NCCc2ccccc2)cc1. The van der Waals surface area contributed by atoms with E-state index in [1.165, 1.54) is 5.56 Å². The molecule has 0 heterocycles. The summed E-state index contributed by atoms with van der Waals surface area (Å²) in [6.45, 7) is 8.70. The number of hydrogen-bond donors (Lipinski definition) is 5. The van der Waals surface area contributed by atoms with Gasteiger partial charge in [-0.25, -0.2) is 0 Å². The van der Waals surface area contributed by atoms with Crippen molar-refractivity contribution in [2.45, 2.75) is 12.8 Å². The molecule has 0 radical (unpaired) electrons. The van der Waals surface area contributed by atoms with Crippen LogP contribution in [0.5, 0.6) is 0 Å². The second-order valence-corrected chi connectivity index (χ2v) is 8.04. The molecule has 3 aromatic carbocycles. The summed E-state index contributed by atoms with van der Waals surface area (Å²) in [5, 5.41) is 0. The summed E-state index contributed by atoms with van der Waals surface area (Å²) in [6, 6.07) is 25.1. The molecule has 9 N–H and O–H groups in total. The third kappa shape index (κ3) is 10.7. The first kappa shape index (κ1) is 28.6. The molecule has 0 spiro atoms. The minimum atomic E-state index is 0.525. The molecule has 0 saturated heterocycles. The molecule has 0 aliphatic carbocycles. The van der Waals surface area contributed by atoms with E-state index in [1.807, 2.05) is 72.8 Å². The van der Waals surface area contributed by atoms with E-state index >= 15 is 0 Å². The van der Waals surface area contributed by atoms with Gasteiger partial charge in [-0.3, -0.25) is 15.8 Å². The highest BCUT2D eigenvalue weighted by Gasteiger charge is 1.99. The lowest BCUT2D eigenvalue weighted by atomic mass is 10.1. The van der Waals surface area contributed by atoms with Crippen molar-refractivity contribution in [1.82, 2.24) is 0 Å². The van der Waals surface area contributed by atoms with E-state index in [0.29, 0.717) is 24.8 Å². The maximum atomic E-state index is 5.95. The molecule has 7 nitrogen and oxygen atoms in total. The van der Waals surface area contributed by atoms with Crippen molar-refractivity contribution in [2.24, 2.45) is 27.3 Å². The number of nitrogens with zero attached hydrogens (tertiary/aromatic N) is 2. The first-order valence-corrected chi connectivity index (χ1v) is 12.0. The summed E-state index contributed by atoms with van der Waals surface area (Å²) in [6.07, 6.45) is 7.15. The van der Waals surface area contributed by atoms with Crippen LogP contribution in [0.15, 0.2) is 126 Å². The Morgan fingerprint density at radius 1 is 0.784 bits per heavy atom. The van der Waals surface area contributed by atoms with Gasteiger partial charge in [0, 0.05) is 35.6 Å². The Morgan fingerprint density at radius 2 is 1.35 bits per heavy atom. The number of nitrogens with one attached hydrogen (secondary N) is 1. The van der Waals surface area contributed by atoms with E-state index in [4.69, 9.17) is 23.0 Å². The first-order chi connectivity index (χ1) is 18.0. The monoisotopic (exact) mass is 495 g/mol. The average molecular weight is 496 g/mol. The second kappa shape index (κ2) is 16.1. The van der Waals surface area contributed by atoms with Gasteiger partial charge in [0.15, 0.2) is 0 Å². The number of rotatable bonds is 11. The number of allylic oxidation sites excluding steroid dienone is 3. The molecule has 0 bridgehead atoms. The lowest BCUT2D eigenvalue weighted by molar-refractivity contribution is 0.966. The zero-order valence-corrected chi connectivity index (χ0v) is 21.2. The van der Waals surface area contributed by atoms with Crippen molar-refractivity contribution in [1.29, 1.82) is 0 Å². The molecule has 0 amide bonds. The summed E-state index contributed by atoms with van der Waals surface area (Å²) in [5.74, 6) is 6.39. The molecular weight excluding hydrogens is 458 g/mol. The largest absolute Gasteiger partial charge is 0.399 e. The maximum Gasteiger partial charge on any atom is 0.125 e. The van der Waals surface area contributed by atoms with E-state index in [2.05, 4.69) is 40.7 Å². The van der Waals surface area contributed by atoms with Crippen LogP contribution in [0.25, 0.3) is 0 Å². The number of nitrogen functional groups attached to an aromatic ring is 2. The Labute approximate surface area is 220 Å². The number of hydrogen-bond acceptors (Lipinski definition) is 5. The lowest BCUT2D eigenvalue weighted by Crippen LogP contribution is -2.14. The van der Waals surface area contributed by atoms with Crippen LogP contribution in [0.3, 0.4) is 0 Å². The Bertz CT molecular complexity index is 1190. The number of nitrogens with two attached hydrogens (primary N) is 4. The minimum absolute atomic E-state index is 0.525. The predicted octanol–water partition coefficient (Wildman–Crippen LogP) is 4.58. The molecule has 0 saturated carbocycles. The molecular formula is C30H37N7. The van der Waals surface area contributed by atoms with Crippen LogP contribution in [0, 0.1) is 0 Å². The van der Waals surface area contributed by atoms with Crippen LogP contribution in [0.4, 0.5) is 11.4 Å². The van der Waals surface area contributed by atoms with E-state index < -0.39 is 0 Å². The standard InChI is InChI=1S/C15H18N4.C15H19N3/c16-15(13-6-8-14(19-17)9-7-13)18-11-10-12-4-2-1-3-5-12;1-3-5-12(4-2)10-11-18-15(17)13-6-8-14(16)9-7-13/h1-9,19H,10-11,17H2,(H2,16,18);3-9H,1-2,10-11,16H2,(H2,17,18)/b;12-5+. The molecule has 3 rings (SSSR count). The maximum absolute atomic E-state index is 5.95. The number of aliphatic imine (C=N–C) groups is 2. The Kier molecular flexibility index (Phi) is 12.5. The molecule has 0 aliphatic heterocycles. The second-order valence-electron chi connectivity index (χ2n) is 8.04. The molecule has 0 aromatic heterocycles. The molecule has 192 valence electrons. The third-order valence-corrected chi connectivity index (χ3v) is 5.36. The highest BCUT2D eigenvalue weighted by atomic mass is 15.2. The molecule has 3 aromatic rings. The van der Waals surface area contributed by atoms with Gasteiger partial charge >= 0.3 is 0 Å². The zero-order valence-electron chi connectivity index (χ0n) is 21.2. The van der Waals surface area contributed by atoms with Gasteiger partial charge in [0.2, 0.25) is 0 Å². The Balaban J connectivity index is 0.000000261. The van der Waals surface area contributed by atoms with E-state index in [9.17, 15) is 0 Å². The van der Waals surface area contributed by atoms with Crippen molar-refractivity contribution in [2.75, 3.05) is 24.2 Å². The fourth-order valence-corrected chi connectivity index (χ4v) is 3.23. The van der Waals surface area contributed by atoms with Gasteiger partial charge in [-0.15, -0.1) is 0 Å². The number of anilines is 2. The Hall–Kier alpha value is -4.62. The summed E-state index contributed by atoms with van der Waals surface area (Å²) < 4.78 is 0. The van der Waals surface area contributed by atoms with Crippen LogP contribution in [0.1, 0.15) is 23.1 Å². The molecule has 37 heavy (non-hydrogen) atoms. The zero-order chi connectivity index (χ0) is 26.9. The number of amidine groups is 2. The fraction of sp³-hybridized carbons (Fsp3) is 0.133. The van der Waals surface area contributed by atoms with Crippen molar-refractivity contribution in [3.63, 3.8) is 0 Å². The van der Waals surface area contributed by atoms with Crippen molar-refractivity contribution < 1.29 is 0 Å². The minimum Gasteiger partial charge on any atom is -0.399 e.